The molecule has 0 fully saturated rings. The Morgan fingerprint density at radius 1 is 1.56 bits per heavy atom. The quantitative estimate of drug-likeness (QED) is 0.393. The van der Waals surface area contributed by atoms with Crippen molar-refractivity contribution in [3.63, 3.8) is 0 Å². The number of carbonyl (C=O) groups excluding carboxylic acids is 1. The molecule has 0 unspecified atom stereocenters. The third-order valence-corrected chi connectivity index (χ3v) is 2.04. The number of nitrogens with zero attached hydrogens (tertiary/aromatic N) is 2. The number of aliphatic imine (C=N–C) groups is 1. The second-order valence-electron chi connectivity index (χ2n) is 4.06. The molecule has 0 spiro atoms. The molecule has 0 saturated heterocycles. The molecule has 1 heterocycles. The number of hydrogen-bond donors (Lipinski definition) is 3. The van der Waals surface area contributed by atoms with Gasteiger partial charge in [-0.15, -0.1) is 0 Å². The van der Waals surface area contributed by atoms with Crippen molar-refractivity contribution in [3.05, 3.63) is 30.1 Å². The van der Waals surface area contributed by atoms with E-state index in [4.69, 9.17) is 5.73 Å². The Kier molecular flexibility index (Phi) is 5.63. The van der Waals surface area contributed by atoms with Crippen LogP contribution >= 0.6 is 0 Å². The van der Waals surface area contributed by atoms with Crippen molar-refractivity contribution in [1.82, 2.24) is 15.6 Å². The van der Waals surface area contributed by atoms with Gasteiger partial charge < -0.3 is 16.4 Å². The Morgan fingerprint density at radius 2 is 2.33 bits per heavy atom. The summed E-state index contributed by atoms with van der Waals surface area (Å²) in [5.74, 6) is 0.231. The van der Waals surface area contributed by atoms with Gasteiger partial charge in [-0.25, -0.2) is 0 Å². The van der Waals surface area contributed by atoms with E-state index in [2.05, 4.69) is 20.6 Å². The minimum Gasteiger partial charge on any atom is -0.370 e. The third-order valence-electron chi connectivity index (χ3n) is 2.04. The summed E-state index contributed by atoms with van der Waals surface area (Å²) in [4.78, 5) is 19.6. The van der Waals surface area contributed by atoms with Crippen LogP contribution in [0.25, 0.3) is 0 Å². The fourth-order valence-corrected chi connectivity index (χ4v) is 1.29. The van der Waals surface area contributed by atoms with E-state index in [1.165, 1.54) is 6.20 Å². The van der Waals surface area contributed by atoms with Crippen molar-refractivity contribution in [2.24, 2.45) is 10.7 Å². The number of guanidine groups is 1. The molecular formula is C12H19N5O. The normalized spacial score (nSPS) is 11.4. The summed E-state index contributed by atoms with van der Waals surface area (Å²) in [6.45, 7) is 4.84. The first-order chi connectivity index (χ1) is 8.59. The van der Waals surface area contributed by atoms with Gasteiger partial charge in [-0.1, -0.05) is 0 Å². The SMILES string of the molecule is CC(C)NC(N)=NCCNC(=O)c1cccnc1. The number of nitrogens with one attached hydrogen (secondary N) is 2. The lowest BCUT2D eigenvalue weighted by atomic mass is 10.3. The minimum absolute atomic E-state index is 0.159. The molecule has 0 aliphatic carbocycles. The highest BCUT2D eigenvalue weighted by Crippen LogP contribution is 1.94. The monoisotopic (exact) mass is 249 g/mol. The van der Waals surface area contributed by atoms with E-state index < -0.39 is 0 Å². The zero-order valence-electron chi connectivity index (χ0n) is 10.7. The molecule has 0 radical (unpaired) electrons. The molecular weight excluding hydrogens is 230 g/mol. The molecule has 0 saturated carbocycles. The molecule has 18 heavy (non-hydrogen) atoms. The second-order valence-corrected chi connectivity index (χ2v) is 4.06. The molecule has 0 atom stereocenters. The average Bonchev–Trinajstić information content (AvgIpc) is 2.34. The summed E-state index contributed by atoms with van der Waals surface area (Å²) in [7, 11) is 0. The van der Waals surface area contributed by atoms with Crippen LogP contribution in [0.5, 0.6) is 0 Å². The fourth-order valence-electron chi connectivity index (χ4n) is 1.29. The third kappa shape index (κ3) is 5.29. The largest absolute Gasteiger partial charge is 0.370 e. The molecule has 98 valence electrons. The summed E-state index contributed by atoms with van der Waals surface area (Å²) in [6.07, 6.45) is 3.15. The van der Waals surface area contributed by atoms with Crippen molar-refractivity contribution in [3.8, 4) is 0 Å². The van der Waals surface area contributed by atoms with E-state index in [1.807, 2.05) is 13.8 Å². The molecule has 1 amide bonds. The number of pyridine rings is 1. The highest BCUT2D eigenvalue weighted by atomic mass is 16.1. The van der Waals surface area contributed by atoms with Gasteiger partial charge in [0, 0.05) is 25.0 Å². The summed E-state index contributed by atoms with van der Waals surface area (Å²) >= 11 is 0. The summed E-state index contributed by atoms with van der Waals surface area (Å²) in [5, 5.41) is 5.71. The first kappa shape index (κ1) is 14.0. The molecule has 4 N–H and O–H groups in total. The van der Waals surface area contributed by atoms with Gasteiger partial charge in [-0.05, 0) is 26.0 Å². The first-order valence-corrected chi connectivity index (χ1v) is 5.84. The van der Waals surface area contributed by atoms with Gasteiger partial charge >= 0.3 is 0 Å². The van der Waals surface area contributed by atoms with Crippen LogP contribution in [0.15, 0.2) is 29.5 Å². The van der Waals surface area contributed by atoms with Gasteiger partial charge in [0.2, 0.25) is 0 Å². The number of nitrogens with two attached hydrogens (primary N) is 1. The van der Waals surface area contributed by atoms with Crippen molar-refractivity contribution < 1.29 is 4.79 Å². The van der Waals surface area contributed by atoms with Crippen molar-refractivity contribution in [2.45, 2.75) is 19.9 Å². The van der Waals surface area contributed by atoms with Crippen molar-refractivity contribution in [2.75, 3.05) is 13.1 Å². The molecule has 0 bridgehead atoms. The van der Waals surface area contributed by atoms with Gasteiger partial charge in [0.1, 0.15) is 0 Å². The summed E-state index contributed by atoms with van der Waals surface area (Å²) < 4.78 is 0. The molecule has 1 rings (SSSR count). The van der Waals surface area contributed by atoms with Crippen LogP contribution in [0.1, 0.15) is 24.2 Å². The van der Waals surface area contributed by atoms with Gasteiger partial charge in [0.15, 0.2) is 5.96 Å². The number of rotatable bonds is 5. The summed E-state index contributed by atoms with van der Waals surface area (Å²) in [6, 6.07) is 3.68. The van der Waals surface area contributed by atoms with E-state index in [-0.39, 0.29) is 11.9 Å². The molecule has 0 aromatic carbocycles. The molecule has 0 aliphatic rings. The highest BCUT2D eigenvalue weighted by Gasteiger charge is 2.03. The van der Waals surface area contributed by atoms with Crippen LogP contribution in [-0.4, -0.2) is 36.0 Å². The standard InChI is InChI=1S/C12H19N5O/c1-9(2)17-12(13)16-7-6-15-11(18)10-4-3-5-14-8-10/h3-5,8-9H,6-7H2,1-2H3,(H,15,18)(H3,13,16,17). The van der Waals surface area contributed by atoms with Crippen LogP contribution in [-0.2, 0) is 0 Å². The lowest BCUT2D eigenvalue weighted by molar-refractivity contribution is 0.0954. The van der Waals surface area contributed by atoms with E-state index in [0.29, 0.717) is 24.6 Å². The Balaban J connectivity index is 2.28. The number of amides is 1. The van der Waals surface area contributed by atoms with Crippen LogP contribution in [0.4, 0.5) is 0 Å². The number of hydrogen-bond acceptors (Lipinski definition) is 3. The van der Waals surface area contributed by atoms with Gasteiger partial charge in [0.25, 0.3) is 5.91 Å². The van der Waals surface area contributed by atoms with Crippen LogP contribution in [0, 0.1) is 0 Å². The molecule has 0 aliphatic heterocycles. The zero-order chi connectivity index (χ0) is 13.4. The molecule has 6 nitrogen and oxygen atoms in total. The smallest absolute Gasteiger partial charge is 0.252 e. The fraction of sp³-hybridized carbons (Fsp3) is 0.417. The first-order valence-electron chi connectivity index (χ1n) is 5.84. The maximum Gasteiger partial charge on any atom is 0.252 e. The lowest BCUT2D eigenvalue weighted by Crippen LogP contribution is -2.37. The Bertz CT molecular complexity index is 402. The van der Waals surface area contributed by atoms with E-state index in [9.17, 15) is 4.79 Å². The van der Waals surface area contributed by atoms with E-state index in [1.54, 1.807) is 18.3 Å². The van der Waals surface area contributed by atoms with Gasteiger partial charge in [-0.2, -0.15) is 0 Å². The predicted octanol–water partition coefficient (Wildman–Crippen LogP) is 0.124. The summed E-state index contributed by atoms with van der Waals surface area (Å²) in [5.41, 5.74) is 6.16. The van der Waals surface area contributed by atoms with Crippen molar-refractivity contribution >= 4 is 11.9 Å². The minimum atomic E-state index is -0.159. The Hall–Kier alpha value is -2.11. The van der Waals surface area contributed by atoms with Gasteiger partial charge in [-0.3, -0.25) is 14.8 Å². The lowest BCUT2D eigenvalue weighted by Gasteiger charge is -2.08. The van der Waals surface area contributed by atoms with Crippen LogP contribution < -0.4 is 16.4 Å². The molecule has 1 aromatic heterocycles. The average molecular weight is 249 g/mol. The van der Waals surface area contributed by atoms with Crippen molar-refractivity contribution in [1.29, 1.82) is 0 Å². The number of carbonyl (C=O) groups is 1. The maximum absolute atomic E-state index is 11.6. The second kappa shape index (κ2) is 7.26. The Morgan fingerprint density at radius 3 is 2.94 bits per heavy atom. The van der Waals surface area contributed by atoms with Crippen LogP contribution in [0.3, 0.4) is 0 Å². The number of aromatic nitrogens is 1. The highest BCUT2D eigenvalue weighted by molar-refractivity contribution is 5.93. The topological polar surface area (TPSA) is 92.4 Å². The Labute approximate surface area is 107 Å². The zero-order valence-corrected chi connectivity index (χ0v) is 10.7. The molecule has 6 heteroatoms. The predicted molar refractivity (Wildman–Crippen MR) is 71.3 cm³/mol. The van der Waals surface area contributed by atoms with Crippen LogP contribution in [0.2, 0.25) is 0 Å². The van der Waals surface area contributed by atoms with Gasteiger partial charge in [0.05, 0.1) is 12.1 Å². The maximum atomic E-state index is 11.6. The van der Waals surface area contributed by atoms with E-state index in [0.717, 1.165) is 0 Å². The van der Waals surface area contributed by atoms with E-state index >= 15 is 0 Å². The molecule has 1 aromatic rings.